The fourth-order valence-electron chi connectivity index (χ4n) is 2.50. The molecular weight excluding hydrogens is 268 g/mol. The number of fused-ring (bicyclic) bond motifs is 1. The lowest BCUT2D eigenvalue weighted by atomic mass is 10.1. The van der Waals surface area contributed by atoms with Crippen LogP contribution in [0.3, 0.4) is 0 Å². The number of aromatic hydroxyl groups is 1. The summed E-state index contributed by atoms with van der Waals surface area (Å²) in [6.07, 6.45) is 2.28. The van der Waals surface area contributed by atoms with Gasteiger partial charge in [-0.15, -0.1) is 0 Å². The van der Waals surface area contributed by atoms with E-state index in [1.807, 2.05) is 24.3 Å². The monoisotopic (exact) mass is 286 g/mol. The Morgan fingerprint density at radius 2 is 1.41 bits per heavy atom. The van der Waals surface area contributed by atoms with Gasteiger partial charge in [-0.2, -0.15) is 0 Å². The van der Waals surface area contributed by atoms with Gasteiger partial charge in [0, 0.05) is 11.1 Å². The molecule has 0 unspecified atom stereocenters. The van der Waals surface area contributed by atoms with Gasteiger partial charge in [0.25, 0.3) is 0 Å². The number of phenols is 1. The molecule has 0 heterocycles. The van der Waals surface area contributed by atoms with Gasteiger partial charge in [-0.3, -0.25) is 0 Å². The maximum atomic E-state index is 9.48. The highest BCUT2D eigenvalue weighted by atomic mass is 16.3. The summed E-state index contributed by atoms with van der Waals surface area (Å²) in [5.41, 5.74) is 3.38. The molecule has 0 spiro atoms. The van der Waals surface area contributed by atoms with Crippen molar-refractivity contribution < 1.29 is 5.11 Å². The maximum Gasteiger partial charge on any atom is 0.116 e. The van der Waals surface area contributed by atoms with Crippen LogP contribution in [0.5, 0.6) is 5.75 Å². The molecule has 0 saturated heterocycles. The average molecular weight is 286 g/mol. The van der Waals surface area contributed by atoms with Crippen molar-refractivity contribution in [3.63, 3.8) is 0 Å². The van der Waals surface area contributed by atoms with Crippen LogP contribution in [-0.2, 0) is 6.42 Å². The van der Waals surface area contributed by atoms with Gasteiger partial charge in [-0.1, -0.05) is 49.5 Å². The van der Waals surface area contributed by atoms with E-state index in [0.717, 1.165) is 34.7 Å². The Hall–Kier alpha value is -2.72. The van der Waals surface area contributed by atoms with Gasteiger partial charge in [-0.05, 0) is 59.2 Å². The number of benzene rings is 3. The lowest BCUT2D eigenvalue weighted by Gasteiger charge is -2.00. The molecule has 0 bridgehead atoms. The largest absolute Gasteiger partial charge is 0.508 e. The molecule has 3 aromatic rings. The van der Waals surface area contributed by atoms with E-state index in [0.29, 0.717) is 5.75 Å². The summed E-state index contributed by atoms with van der Waals surface area (Å²) in [5, 5.41) is 11.6. The maximum absolute atomic E-state index is 9.48. The van der Waals surface area contributed by atoms with Crippen LogP contribution in [0.15, 0.2) is 60.7 Å². The van der Waals surface area contributed by atoms with Crippen molar-refractivity contribution in [3.05, 3.63) is 77.4 Å². The van der Waals surface area contributed by atoms with Crippen LogP contribution in [0.2, 0.25) is 0 Å². The smallest absolute Gasteiger partial charge is 0.116 e. The van der Waals surface area contributed by atoms with Crippen molar-refractivity contribution in [2.45, 2.75) is 19.8 Å². The van der Waals surface area contributed by atoms with Crippen molar-refractivity contribution in [1.29, 1.82) is 0 Å². The molecule has 22 heavy (non-hydrogen) atoms. The summed E-state index contributed by atoms with van der Waals surface area (Å²) in [4.78, 5) is 0. The fourth-order valence-corrected chi connectivity index (χ4v) is 2.50. The van der Waals surface area contributed by atoms with Gasteiger partial charge in [0.05, 0.1) is 0 Å². The first-order chi connectivity index (χ1) is 10.7. The van der Waals surface area contributed by atoms with Crippen molar-refractivity contribution in [1.82, 2.24) is 0 Å². The molecular formula is C21H18O. The van der Waals surface area contributed by atoms with E-state index in [-0.39, 0.29) is 0 Å². The van der Waals surface area contributed by atoms with E-state index < -0.39 is 0 Å². The van der Waals surface area contributed by atoms with Crippen molar-refractivity contribution in [2.24, 2.45) is 0 Å². The Morgan fingerprint density at radius 1 is 0.773 bits per heavy atom. The summed E-state index contributed by atoms with van der Waals surface area (Å²) in [5.74, 6) is 6.70. The zero-order chi connectivity index (χ0) is 15.4. The van der Waals surface area contributed by atoms with Crippen molar-refractivity contribution in [3.8, 4) is 17.6 Å². The SMILES string of the molecule is CCCc1ccc(C#Cc2ccc3cc(O)ccc3c2)cc1. The van der Waals surface area contributed by atoms with Crippen LogP contribution in [0.1, 0.15) is 30.0 Å². The first-order valence-corrected chi connectivity index (χ1v) is 7.58. The van der Waals surface area contributed by atoms with Gasteiger partial charge in [0.15, 0.2) is 0 Å². The van der Waals surface area contributed by atoms with E-state index in [4.69, 9.17) is 0 Å². The number of phenolic OH excluding ortho intramolecular Hbond substituents is 1. The minimum atomic E-state index is 0.290. The Kier molecular flexibility index (Phi) is 4.12. The average Bonchev–Trinajstić information content (AvgIpc) is 2.54. The fraction of sp³-hybridized carbons (Fsp3) is 0.143. The molecule has 0 aliphatic carbocycles. The summed E-state index contributed by atoms with van der Waals surface area (Å²) >= 11 is 0. The zero-order valence-corrected chi connectivity index (χ0v) is 12.6. The minimum absolute atomic E-state index is 0.290. The molecule has 3 aromatic carbocycles. The first kappa shape index (κ1) is 14.2. The van der Waals surface area contributed by atoms with Gasteiger partial charge in [0.2, 0.25) is 0 Å². The van der Waals surface area contributed by atoms with Gasteiger partial charge in [-0.25, -0.2) is 0 Å². The lowest BCUT2D eigenvalue weighted by Crippen LogP contribution is -1.83. The molecule has 1 nitrogen and oxygen atoms in total. The lowest BCUT2D eigenvalue weighted by molar-refractivity contribution is 0.476. The van der Waals surface area contributed by atoms with Crippen LogP contribution in [0.25, 0.3) is 10.8 Å². The normalized spacial score (nSPS) is 10.2. The van der Waals surface area contributed by atoms with E-state index >= 15 is 0 Å². The Balaban J connectivity index is 1.85. The standard InChI is InChI=1S/C21H18O/c1-2-3-16-4-6-17(7-5-16)8-9-18-10-11-20-15-21(22)13-12-19(20)14-18/h4-7,10-15,22H,2-3H2,1H3. The van der Waals surface area contributed by atoms with Gasteiger partial charge >= 0.3 is 0 Å². The molecule has 0 saturated carbocycles. The molecule has 3 rings (SSSR count). The van der Waals surface area contributed by atoms with Crippen LogP contribution in [0.4, 0.5) is 0 Å². The number of hydrogen-bond donors (Lipinski definition) is 1. The Labute approximate surface area is 131 Å². The highest BCUT2D eigenvalue weighted by Gasteiger charge is 1.96. The molecule has 0 aliphatic heterocycles. The van der Waals surface area contributed by atoms with E-state index in [2.05, 4.69) is 43.0 Å². The quantitative estimate of drug-likeness (QED) is 0.664. The summed E-state index contributed by atoms with van der Waals surface area (Å²) in [6, 6.07) is 19.9. The predicted molar refractivity (Wildman–Crippen MR) is 92.0 cm³/mol. The van der Waals surface area contributed by atoms with Gasteiger partial charge in [0.1, 0.15) is 5.75 Å². The summed E-state index contributed by atoms with van der Waals surface area (Å²) < 4.78 is 0. The molecule has 0 amide bonds. The minimum Gasteiger partial charge on any atom is -0.508 e. The third-order valence-electron chi connectivity index (χ3n) is 3.67. The Bertz CT molecular complexity index is 848. The molecule has 1 heteroatoms. The third-order valence-corrected chi connectivity index (χ3v) is 3.67. The highest BCUT2D eigenvalue weighted by molar-refractivity contribution is 5.85. The second-order valence-electron chi connectivity index (χ2n) is 5.44. The van der Waals surface area contributed by atoms with Gasteiger partial charge < -0.3 is 5.11 Å². The number of rotatable bonds is 2. The molecule has 1 N–H and O–H groups in total. The highest BCUT2D eigenvalue weighted by Crippen LogP contribution is 2.20. The second-order valence-corrected chi connectivity index (χ2v) is 5.44. The van der Waals surface area contributed by atoms with Crippen LogP contribution in [-0.4, -0.2) is 5.11 Å². The number of aryl methyl sites for hydroxylation is 1. The van der Waals surface area contributed by atoms with E-state index in [1.54, 1.807) is 12.1 Å². The topological polar surface area (TPSA) is 20.2 Å². The van der Waals surface area contributed by atoms with Crippen molar-refractivity contribution >= 4 is 10.8 Å². The first-order valence-electron chi connectivity index (χ1n) is 7.58. The zero-order valence-electron chi connectivity index (χ0n) is 12.6. The Morgan fingerprint density at radius 3 is 2.18 bits per heavy atom. The van der Waals surface area contributed by atoms with E-state index in [1.165, 1.54) is 5.56 Å². The molecule has 0 aliphatic rings. The molecule has 0 atom stereocenters. The second kappa shape index (κ2) is 6.37. The van der Waals surface area contributed by atoms with Crippen LogP contribution in [0, 0.1) is 11.8 Å². The molecule has 0 fully saturated rings. The third kappa shape index (κ3) is 3.30. The van der Waals surface area contributed by atoms with Crippen LogP contribution >= 0.6 is 0 Å². The molecule has 0 radical (unpaired) electrons. The predicted octanol–water partition coefficient (Wildman–Crippen LogP) is 4.90. The van der Waals surface area contributed by atoms with Crippen LogP contribution < -0.4 is 0 Å². The van der Waals surface area contributed by atoms with E-state index in [9.17, 15) is 5.11 Å². The molecule has 108 valence electrons. The summed E-state index contributed by atoms with van der Waals surface area (Å²) in [7, 11) is 0. The molecule has 0 aromatic heterocycles. The summed E-state index contributed by atoms with van der Waals surface area (Å²) in [6.45, 7) is 2.19. The number of hydrogen-bond acceptors (Lipinski definition) is 1. The van der Waals surface area contributed by atoms with Crippen molar-refractivity contribution in [2.75, 3.05) is 0 Å².